The number of nitrogens with one attached hydrogen (secondary N) is 1. The number of benzene rings is 2. The van der Waals surface area contributed by atoms with Gasteiger partial charge in [0.05, 0.1) is 0 Å². The Hall–Kier alpha value is -2.08. The minimum atomic E-state index is -0.408. The van der Waals surface area contributed by atoms with E-state index in [0.29, 0.717) is 17.7 Å². The summed E-state index contributed by atoms with van der Waals surface area (Å²) in [5, 5.41) is 14.6. The van der Waals surface area contributed by atoms with Crippen molar-refractivity contribution in [2.24, 2.45) is 10.9 Å². The van der Waals surface area contributed by atoms with Gasteiger partial charge in [-0.3, -0.25) is 0 Å². The molecule has 0 aliphatic rings. The molecule has 0 unspecified atom stereocenters. The summed E-state index contributed by atoms with van der Waals surface area (Å²) >= 11 is 3.46. The van der Waals surface area contributed by atoms with E-state index in [1.165, 1.54) is 6.07 Å². The Morgan fingerprint density at radius 3 is 2.71 bits per heavy atom. The topological polar surface area (TPSA) is 70.6 Å². The van der Waals surface area contributed by atoms with Crippen molar-refractivity contribution in [2.45, 2.75) is 13.5 Å². The quantitative estimate of drug-likeness (QED) is 0.341. The highest BCUT2D eigenvalue weighted by molar-refractivity contribution is 9.10. The van der Waals surface area contributed by atoms with Crippen LogP contribution >= 0.6 is 15.9 Å². The van der Waals surface area contributed by atoms with E-state index in [1.807, 2.05) is 25.1 Å². The first-order valence-corrected chi connectivity index (χ1v) is 7.07. The average Bonchev–Trinajstić information content (AvgIpc) is 2.46. The number of oxime groups is 1. The van der Waals surface area contributed by atoms with Crippen LogP contribution in [0.3, 0.4) is 0 Å². The molecule has 0 bridgehead atoms. The molecule has 0 spiro atoms. The summed E-state index contributed by atoms with van der Waals surface area (Å²) in [6, 6.07) is 10.4. The number of anilines is 1. The first kappa shape index (κ1) is 15.3. The van der Waals surface area contributed by atoms with E-state index in [4.69, 9.17) is 10.9 Å². The largest absolute Gasteiger partial charge is 0.409 e. The van der Waals surface area contributed by atoms with E-state index >= 15 is 0 Å². The van der Waals surface area contributed by atoms with Crippen molar-refractivity contribution in [2.75, 3.05) is 5.32 Å². The Kier molecular flexibility index (Phi) is 4.80. The molecule has 0 amide bonds. The van der Waals surface area contributed by atoms with Crippen LogP contribution in [0, 0.1) is 12.7 Å². The van der Waals surface area contributed by atoms with Crippen molar-refractivity contribution >= 4 is 27.5 Å². The second-order valence-electron chi connectivity index (χ2n) is 4.63. The number of aryl methyl sites for hydroxylation is 1. The third-order valence-corrected chi connectivity index (χ3v) is 3.71. The molecular weight excluding hydrogens is 337 g/mol. The predicted molar refractivity (Wildman–Crippen MR) is 85.1 cm³/mol. The first-order chi connectivity index (χ1) is 10.0. The zero-order chi connectivity index (χ0) is 15.4. The molecule has 0 atom stereocenters. The molecule has 2 rings (SSSR count). The van der Waals surface area contributed by atoms with Gasteiger partial charge in [-0.25, -0.2) is 4.39 Å². The molecule has 0 saturated carbocycles. The molecule has 0 aromatic heterocycles. The number of halogens is 2. The highest BCUT2D eigenvalue weighted by Crippen LogP contribution is 2.24. The summed E-state index contributed by atoms with van der Waals surface area (Å²) < 4.78 is 14.9. The van der Waals surface area contributed by atoms with Crippen molar-refractivity contribution in [3.63, 3.8) is 0 Å². The lowest BCUT2D eigenvalue weighted by Crippen LogP contribution is -2.14. The fraction of sp³-hybridized carbons (Fsp3) is 0.133. The van der Waals surface area contributed by atoms with Crippen LogP contribution in [-0.4, -0.2) is 11.0 Å². The number of amidine groups is 1. The van der Waals surface area contributed by atoms with Gasteiger partial charge in [0.2, 0.25) is 0 Å². The van der Waals surface area contributed by atoms with Gasteiger partial charge in [-0.15, -0.1) is 0 Å². The van der Waals surface area contributed by atoms with Gasteiger partial charge in [0.15, 0.2) is 5.84 Å². The van der Waals surface area contributed by atoms with Crippen LogP contribution in [-0.2, 0) is 6.54 Å². The monoisotopic (exact) mass is 351 g/mol. The zero-order valence-electron chi connectivity index (χ0n) is 11.4. The smallest absolute Gasteiger partial charge is 0.170 e. The van der Waals surface area contributed by atoms with Gasteiger partial charge in [-0.2, -0.15) is 0 Å². The maximum Gasteiger partial charge on any atom is 0.170 e. The molecule has 110 valence electrons. The van der Waals surface area contributed by atoms with E-state index in [1.54, 1.807) is 12.1 Å². The number of nitrogens with two attached hydrogens (primary N) is 1. The Bertz CT molecular complexity index is 689. The van der Waals surface area contributed by atoms with Gasteiger partial charge in [-0.1, -0.05) is 23.4 Å². The lowest BCUT2D eigenvalue weighted by molar-refractivity contribution is 0.318. The van der Waals surface area contributed by atoms with E-state index in [0.717, 1.165) is 15.7 Å². The third-order valence-electron chi connectivity index (χ3n) is 3.05. The molecule has 0 radical (unpaired) electrons. The second-order valence-corrected chi connectivity index (χ2v) is 5.48. The van der Waals surface area contributed by atoms with Crippen molar-refractivity contribution in [1.29, 1.82) is 0 Å². The Morgan fingerprint density at radius 2 is 2.10 bits per heavy atom. The fourth-order valence-corrected chi connectivity index (χ4v) is 2.50. The molecular formula is C15H15BrFN3O. The van der Waals surface area contributed by atoms with Crippen molar-refractivity contribution in [3.05, 3.63) is 63.4 Å². The van der Waals surface area contributed by atoms with Gasteiger partial charge in [0.25, 0.3) is 0 Å². The van der Waals surface area contributed by atoms with Crippen molar-refractivity contribution < 1.29 is 9.60 Å². The van der Waals surface area contributed by atoms with Crippen LogP contribution in [0.5, 0.6) is 0 Å². The van der Waals surface area contributed by atoms with Crippen LogP contribution in [0.2, 0.25) is 0 Å². The number of rotatable bonds is 4. The summed E-state index contributed by atoms with van der Waals surface area (Å²) in [5.74, 6) is -0.524. The Balaban J connectivity index is 2.13. The van der Waals surface area contributed by atoms with Crippen molar-refractivity contribution in [1.82, 2.24) is 0 Å². The Morgan fingerprint density at radius 1 is 1.33 bits per heavy atom. The Labute approximate surface area is 130 Å². The highest BCUT2D eigenvalue weighted by Gasteiger charge is 2.07. The van der Waals surface area contributed by atoms with E-state index in [-0.39, 0.29) is 5.84 Å². The lowest BCUT2D eigenvalue weighted by Gasteiger charge is -2.10. The maximum absolute atomic E-state index is 14.0. The van der Waals surface area contributed by atoms with E-state index in [2.05, 4.69) is 26.4 Å². The number of hydrogen-bond acceptors (Lipinski definition) is 3. The van der Waals surface area contributed by atoms with E-state index < -0.39 is 5.82 Å². The molecule has 0 fully saturated rings. The summed E-state index contributed by atoms with van der Waals surface area (Å²) in [4.78, 5) is 0. The summed E-state index contributed by atoms with van der Waals surface area (Å²) in [6.45, 7) is 2.34. The molecule has 6 heteroatoms. The summed E-state index contributed by atoms with van der Waals surface area (Å²) in [5.41, 5.74) is 8.29. The summed E-state index contributed by atoms with van der Waals surface area (Å²) in [6.07, 6.45) is 0. The average molecular weight is 352 g/mol. The van der Waals surface area contributed by atoms with Crippen LogP contribution in [0.1, 0.15) is 16.7 Å². The third kappa shape index (κ3) is 3.72. The van der Waals surface area contributed by atoms with Gasteiger partial charge < -0.3 is 16.3 Å². The second kappa shape index (κ2) is 6.58. The lowest BCUT2D eigenvalue weighted by atomic mass is 10.1. The van der Waals surface area contributed by atoms with Gasteiger partial charge in [0, 0.05) is 27.8 Å². The van der Waals surface area contributed by atoms with E-state index in [9.17, 15) is 4.39 Å². The number of hydrogen-bond donors (Lipinski definition) is 3. The van der Waals surface area contributed by atoms with Crippen LogP contribution < -0.4 is 11.1 Å². The molecule has 0 saturated heterocycles. The molecule has 2 aromatic rings. The van der Waals surface area contributed by atoms with Crippen LogP contribution in [0.25, 0.3) is 0 Å². The highest BCUT2D eigenvalue weighted by atomic mass is 79.9. The molecule has 2 aromatic carbocycles. The normalized spacial score (nSPS) is 11.5. The van der Waals surface area contributed by atoms with Crippen LogP contribution in [0.15, 0.2) is 46.0 Å². The fourth-order valence-electron chi connectivity index (χ4n) is 1.86. The molecule has 21 heavy (non-hydrogen) atoms. The van der Waals surface area contributed by atoms with Crippen LogP contribution in [0.4, 0.5) is 10.1 Å². The number of nitrogens with zero attached hydrogens (tertiary/aromatic N) is 1. The SMILES string of the molecule is Cc1ccc(NCc2ccc(C(N)=NO)cc2F)c(Br)c1. The molecule has 0 heterocycles. The molecule has 0 aliphatic heterocycles. The maximum atomic E-state index is 14.0. The molecule has 4 N–H and O–H groups in total. The van der Waals surface area contributed by atoms with Crippen molar-refractivity contribution in [3.8, 4) is 0 Å². The molecule has 4 nitrogen and oxygen atoms in total. The van der Waals surface area contributed by atoms with Gasteiger partial charge in [-0.05, 0) is 46.6 Å². The van der Waals surface area contributed by atoms with Gasteiger partial charge >= 0.3 is 0 Å². The minimum absolute atomic E-state index is 0.116. The predicted octanol–water partition coefficient (Wildman–Crippen LogP) is 3.60. The summed E-state index contributed by atoms with van der Waals surface area (Å²) in [7, 11) is 0. The van der Waals surface area contributed by atoms with Gasteiger partial charge in [0.1, 0.15) is 5.82 Å². The standard InChI is InChI=1S/C15H15BrFN3O/c1-9-2-5-14(12(16)6-9)19-8-11-4-3-10(7-13(11)17)15(18)20-21/h2-7,19,21H,8H2,1H3,(H2,18,20). The minimum Gasteiger partial charge on any atom is -0.409 e. The zero-order valence-corrected chi connectivity index (χ0v) is 13.0. The first-order valence-electron chi connectivity index (χ1n) is 6.27. The molecule has 0 aliphatic carbocycles.